The van der Waals surface area contributed by atoms with Gasteiger partial charge in [-0.2, -0.15) is 14.4 Å². The molecule has 0 aliphatic carbocycles. The van der Waals surface area contributed by atoms with Crippen molar-refractivity contribution in [1.82, 2.24) is 33.6 Å². The fourth-order valence-electron chi connectivity index (χ4n) is 3.77. The van der Waals surface area contributed by atoms with Crippen LogP contribution in [0.25, 0.3) is 22.6 Å². The second-order valence-electron chi connectivity index (χ2n) is 7.79. The molecule has 1 atom stereocenters. The highest BCUT2D eigenvalue weighted by molar-refractivity contribution is 7.89. The number of nitrogens with zero attached hydrogens (tertiary/aromatic N) is 7. The predicted octanol–water partition coefficient (Wildman–Crippen LogP) is 1.75. The van der Waals surface area contributed by atoms with Crippen LogP contribution in [0.2, 0.25) is 0 Å². The van der Waals surface area contributed by atoms with Crippen molar-refractivity contribution >= 4 is 21.2 Å². The summed E-state index contributed by atoms with van der Waals surface area (Å²) in [5, 5.41) is 3.96. The molecule has 1 aliphatic heterocycles. The molecule has 0 radical (unpaired) electrons. The van der Waals surface area contributed by atoms with Crippen molar-refractivity contribution in [1.29, 1.82) is 0 Å². The van der Waals surface area contributed by atoms with E-state index in [1.807, 2.05) is 30.1 Å². The van der Waals surface area contributed by atoms with Gasteiger partial charge < -0.3 is 9.30 Å². The third-order valence-corrected chi connectivity index (χ3v) is 7.85. The second-order valence-corrected chi connectivity index (χ2v) is 10.3. The number of sulfonamides is 1. The van der Waals surface area contributed by atoms with Gasteiger partial charge in [0, 0.05) is 25.8 Å². The van der Waals surface area contributed by atoms with Crippen molar-refractivity contribution < 1.29 is 13.2 Å². The monoisotopic (exact) mass is 433 g/mol. The topological polar surface area (TPSA) is 108 Å². The van der Waals surface area contributed by atoms with E-state index in [-0.39, 0.29) is 6.10 Å². The number of imidazole rings is 1. The Labute approximate surface area is 175 Å². The van der Waals surface area contributed by atoms with Gasteiger partial charge in [-0.1, -0.05) is 0 Å². The number of aryl methyl sites for hydroxylation is 2. The normalized spacial score (nSPS) is 18.0. The van der Waals surface area contributed by atoms with Crippen molar-refractivity contribution in [2.75, 3.05) is 13.1 Å². The van der Waals surface area contributed by atoms with Crippen LogP contribution in [-0.4, -0.2) is 66.5 Å². The van der Waals surface area contributed by atoms with Crippen molar-refractivity contribution in [3.63, 3.8) is 0 Å². The van der Waals surface area contributed by atoms with Crippen LogP contribution in [0.4, 0.5) is 0 Å². The van der Waals surface area contributed by atoms with Crippen molar-refractivity contribution in [2.24, 2.45) is 7.05 Å². The van der Waals surface area contributed by atoms with Crippen LogP contribution >= 0.6 is 0 Å². The summed E-state index contributed by atoms with van der Waals surface area (Å²) >= 11 is 0. The van der Waals surface area contributed by atoms with E-state index in [4.69, 9.17) is 9.72 Å². The molecule has 0 bridgehead atoms. The SMILES string of the molecule is CCn1ncc(-c2nc3c(O[C@H]4CCN(S(=O)(=O)C(C)C)C4)ncnc3n2C)c1C. The molecule has 3 aromatic rings. The zero-order chi connectivity index (χ0) is 21.6. The first-order valence-corrected chi connectivity index (χ1v) is 11.6. The summed E-state index contributed by atoms with van der Waals surface area (Å²) < 4.78 is 36.3. The first-order chi connectivity index (χ1) is 14.2. The molecule has 4 heterocycles. The summed E-state index contributed by atoms with van der Waals surface area (Å²) in [6.45, 7) is 8.97. The Morgan fingerprint density at radius 1 is 1.30 bits per heavy atom. The second kappa shape index (κ2) is 7.62. The van der Waals surface area contributed by atoms with Crippen LogP contribution in [0.1, 0.15) is 32.9 Å². The molecule has 0 aromatic carbocycles. The maximum atomic E-state index is 12.4. The van der Waals surface area contributed by atoms with E-state index >= 15 is 0 Å². The summed E-state index contributed by atoms with van der Waals surface area (Å²) in [5.74, 6) is 1.11. The van der Waals surface area contributed by atoms with Gasteiger partial charge in [0.1, 0.15) is 18.3 Å². The highest BCUT2D eigenvalue weighted by atomic mass is 32.2. The Morgan fingerprint density at radius 2 is 2.07 bits per heavy atom. The molecule has 4 rings (SSSR count). The molecule has 0 spiro atoms. The Hall–Kier alpha value is -2.53. The molecule has 0 amide bonds. The molecular weight excluding hydrogens is 406 g/mol. The van der Waals surface area contributed by atoms with E-state index in [2.05, 4.69) is 15.1 Å². The third-order valence-electron chi connectivity index (χ3n) is 5.61. The lowest BCUT2D eigenvalue weighted by atomic mass is 10.2. The average molecular weight is 434 g/mol. The van der Waals surface area contributed by atoms with Crippen LogP contribution in [0.15, 0.2) is 12.5 Å². The summed E-state index contributed by atoms with van der Waals surface area (Å²) in [6, 6.07) is 0. The van der Waals surface area contributed by atoms with E-state index in [1.54, 1.807) is 20.0 Å². The molecule has 0 N–H and O–H groups in total. The first kappa shape index (κ1) is 20.7. The molecule has 30 heavy (non-hydrogen) atoms. The maximum absolute atomic E-state index is 12.4. The van der Waals surface area contributed by atoms with Crippen LogP contribution in [0.3, 0.4) is 0 Å². The molecule has 162 valence electrons. The maximum Gasteiger partial charge on any atom is 0.245 e. The summed E-state index contributed by atoms with van der Waals surface area (Å²) in [6.07, 6.45) is 3.59. The predicted molar refractivity (Wildman–Crippen MR) is 113 cm³/mol. The molecular formula is C19H27N7O3S. The van der Waals surface area contributed by atoms with Gasteiger partial charge >= 0.3 is 0 Å². The lowest BCUT2D eigenvalue weighted by Gasteiger charge is -2.19. The van der Waals surface area contributed by atoms with Gasteiger partial charge in [-0.05, 0) is 34.1 Å². The van der Waals surface area contributed by atoms with E-state index in [9.17, 15) is 8.42 Å². The first-order valence-electron chi connectivity index (χ1n) is 10.1. The van der Waals surface area contributed by atoms with Crippen molar-refractivity contribution in [3.05, 3.63) is 18.2 Å². The van der Waals surface area contributed by atoms with Crippen LogP contribution in [-0.2, 0) is 23.6 Å². The summed E-state index contributed by atoms with van der Waals surface area (Å²) in [7, 11) is -1.40. The van der Waals surface area contributed by atoms with Gasteiger partial charge in [-0.15, -0.1) is 0 Å². The Bertz CT molecular complexity index is 1180. The number of fused-ring (bicyclic) bond motifs is 1. The lowest BCUT2D eigenvalue weighted by molar-refractivity contribution is 0.209. The fourth-order valence-corrected chi connectivity index (χ4v) is 5.10. The highest BCUT2D eigenvalue weighted by Crippen LogP contribution is 2.30. The van der Waals surface area contributed by atoms with Gasteiger partial charge in [-0.25, -0.2) is 18.4 Å². The molecule has 0 saturated carbocycles. The van der Waals surface area contributed by atoms with Crippen molar-refractivity contribution in [3.8, 4) is 17.3 Å². The lowest BCUT2D eigenvalue weighted by Crippen LogP contribution is -2.35. The quantitative estimate of drug-likeness (QED) is 0.583. The van der Waals surface area contributed by atoms with Crippen LogP contribution < -0.4 is 4.74 Å². The van der Waals surface area contributed by atoms with Gasteiger partial charge in [0.05, 0.1) is 23.6 Å². The molecule has 1 fully saturated rings. The summed E-state index contributed by atoms with van der Waals surface area (Å²) in [5.41, 5.74) is 3.17. The number of hydrogen-bond acceptors (Lipinski definition) is 7. The van der Waals surface area contributed by atoms with E-state index in [0.29, 0.717) is 36.6 Å². The number of aromatic nitrogens is 6. The average Bonchev–Trinajstić information content (AvgIpc) is 3.40. The minimum absolute atomic E-state index is 0.272. The van der Waals surface area contributed by atoms with E-state index < -0.39 is 15.3 Å². The van der Waals surface area contributed by atoms with Crippen LogP contribution in [0.5, 0.6) is 5.88 Å². The van der Waals surface area contributed by atoms with Gasteiger partial charge in [-0.3, -0.25) is 4.68 Å². The summed E-state index contributed by atoms with van der Waals surface area (Å²) in [4.78, 5) is 13.4. The zero-order valence-electron chi connectivity index (χ0n) is 17.9. The molecule has 10 nitrogen and oxygen atoms in total. The molecule has 1 saturated heterocycles. The largest absolute Gasteiger partial charge is 0.471 e. The molecule has 0 unspecified atom stereocenters. The van der Waals surface area contributed by atoms with Crippen molar-refractivity contribution in [2.45, 2.75) is 52.0 Å². The number of rotatable bonds is 6. The minimum atomic E-state index is -3.30. The zero-order valence-corrected chi connectivity index (χ0v) is 18.7. The number of ether oxygens (including phenoxy) is 1. The molecule has 11 heteroatoms. The van der Waals surface area contributed by atoms with Gasteiger partial charge in [0.25, 0.3) is 0 Å². The fraction of sp³-hybridized carbons (Fsp3) is 0.579. The smallest absolute Gasteiger partial charge is 0.245 e. The Balaban J connectivity index is 1.64. The number of hydrogen-bond donors (Lipinski definition) is 0. The Kier molecular flexibility index (Phi) is 5.27. The molecule has 1 aliphatic rings. The third kappa shape index (κ3) is 3.35. The molecule has 3 aromatic heterocycles. The standard InChI is InChI=1S/C19H27N7O3S/c1-6-26-13(4)15(9-22-26)17-23-16-18(24(17)5)20-11-21-19(16)29-14-7-8-25(10-14)30(27,28)12(2)3/h9,11-12,14H,6-8,10H2,1-5H3/t14-/m0/s1. The van der Waals surface area contributed by atoms with Gasteiger partial charge in [0.2, 0.25) is 15.9 Å². The Morgan fingerprint density at radius 3 is 2.73 bits per heavy atom. The van der Waals surface area contributed by atoms with E-state index in [1.165, 1.54) is 10.6 Å². The van der Waals surface area contributed by atoms with E-state index in [0.717, 1.165) is 23.6 Å². The van der Waals surface area contributed by atoms with Crippen LogP contribution in [0, 0.1) is 6.92 Å². The highest BCUT2D eigenvalue weighted by Gasteiger charge is 2.35. The minimum Gasteiger partial charge on any atom is -0.471 e. The van der Waals surface area contributed by atoms with Gasteiger partial charge in [0.15, 0.2) is 11.2 Å².